The molecule has 0 aliphatic carbocycles. The van der Waals surface area contributed by atoms with Gasteiger partial charge in [0.05, 0.1) is 19.9 Å². The summed E-state index contributed by atoms with van der Waals surface area (Å²) in [4.78, 5) is 9.03. The molecule has 0 bridgehead atoms. The fourth-order valence-electron chi connectivity index (χ4n) is 3.63. The van der Waals surface area contributed by atoms with Gasteiger partial charge in [0.1, 0.15) is 11.5 Å². The molecule has 0 saturated carbocycles. The molecule has 1 aromatic heterocycles. The summed E-state index contributed by atoms with van der Waals surface area (Å²) in [6, 6.07) is 18.4. The summed E-state index contributed by atoms with van der Waals surface area (Å²) in [5.74, 6) is 1.58. The molecular formula is C25H24N2O2. The third-order valence-electron chi connectivity index (χ3n) is 5.06. The maximum atomic E-state index is 5.59. The molecule has 0 unspecified atom stereocenters. The number of aromatic nitrogens is 1. The first-order valence-corrected chi connectivity index (χ1v) is 9.77. The van der Waals surface area contributed by atoms with Gasteiger partial charge in [-0.05, 0) is 65.9 Å². The van der Waals surface area contributed by atoms with Gasteiger partial charge in [-0.2, -0.15) is 0 Å². The first-order valence-electron chi connectivity index (χ1n) is 9.77. The maximum absolute atomic E-state index is 5.59. The smallest absolute Gasteiger partial charge is 0.130 e. The second-order valence-corrected chi connectivity index (χ2v) is 6.94. The van der Waals surface area contributed by atoms with Gasteiger partial charge in [0, 0.05) is 36.1 Å². The lowest BCUT2D eigenvalue weighted by Crippen LogP contribution is -2.11. The number of methoxy groups -OCH3 is 2. The van der Waals surface area contributed by atoms with Crippen LogP contribution < -0.4 is 9.47 Å². The van der Waals surface area contributed by atoms with Crippen molar-refractivity contribution < 1.29 is 9.47 Å². The average Bonchev–Trinajstić information content (AvgIpc) is 2.79. The Morgan fingerprint density at radius 3 is 2.62 bits per heavy atom. The molecule has 29 heavy (non-hydrogen) atoms. The molecule has 4 heteroatoms. The molecule has 2 heterocycles. The maximum Gasteiger partial charge on any atom is 0.130 e. The molecule has 0 N–H and O–H groups in total. The Bertz CT molecular complexity index is 1060. The van der Waals surface area contributed by atoms with Gasteiger partial charge in [-0.3, -0.25) is 9.98 Å². The van der Waals surface area contributed by atoms with Crippen LogP contribution in [0.5, 0.6) is 11.5 Å². The van der Waals surface area contributed by atoms with Crippen LogP contribution in [0.4, 0.5) is 0 Å². The van der Waals surface area contributed by atoms with E-state index in [1.54, 1.807) is 20.4 Å². The Labute approximate surface area is 171 Å². The van der Waals surface area contributed by atoms with Crippen molar-refractivity contribution in [3.05, 3.63) is 83.7 Å². The Kier molecular flexibility index (Phi) is 5.71. The molecule has 0 amide bonds. The lowest BCUT2D eigenvalue weighted by molar-refractivity contribution is 0.395. The molecule has 0 radical (unpaired) electrons. The molecule has 3 aromatic rings. The number of ether oxygens (including phenoxy) is 2. The zero-order valence-corrected chi connectivity index (χ0v) is 16.8. The third-order valence-corrected chi connectivity index (χ3v) is 5.06. The molecule has 1 aliphatic rings. The van der Waals surface area contributed by atoms with E-state index in [-0.39, 0.29) is 0 Å². The van der Waals surface area contributed by atoms with E-state index in [9.17, 15) is 0 Å². The standard InChI is InChI=1S/C25H24N2O2/c1-28-22-10-11-23(24(16-22)29-2)19-7-3-6-18(14-19)15-20-8-5-13-27-25(20)21-9-4-12-26-17-21/h3-4,6-7,9-12,14-17H,5,8,13H2,1-2H3/b20-15-. The van der Waals surface area contributed by atoms with E-state index in [1.165, 1.54) is 5.57 Å². The molecule has 2 aromatic carbocycles. The molecule has 146 valence electrons. The molecule has 4 nitrogen and oxygen atoms in total. The van der Waals surface area contributed by atoms with Crippen molar-refractivity contribution in [2.45, 2.75) is 12.8 Å². The minimum atomic E-state index is 0.781. The monoisotopic (exact) mass is 384 g/mol. The number of allylic oxidation sites excluding steroid dienone is 1. The summed E-state index contributed by atoms with van der Waals surface area (Å²) in [5.41, 5.74) is 6.67. The van der Waals surface area contributed by atoms with Crippen molar-refractivity contribution in [1.82, 2.24) is 4.98 Å². The number of rotatable bonds is 5. The lowest BCUT2D eigenvalue weighted by atomic mass is 9.94. The quantitative estimate of drug-likeness (QED) is 0.589. The second kappa shape index (κ2) is 8.74. The zero-order chi connectivity index (χ0) is 20.1. The van der Waals surface area contributed by atoms with Crippen molar-refractivity contribution in [2.75, 3.05) is 20.8 Å². The van der Waals surface area contributed by atoms with Crippen LogP contribution in [0.15, 0.2) is 77.6 Å². The molecule has 0 saturated heterocycles. The summed E-state index contributed by atoms with van der Waals surface area (Å²) in [7, 11) is 3.34. The number of hydrogen-bond donors (Lipinski definition) is 0. The fraction of sp³-hybridized carbons (Fsp3) is 0.200. The summed E-state index contributed by atoms with van der Waals surface area (Å²) in [6.07, 6.45) is 8.01. The Hall–Kier alpha value is -3.40. The third kappa shape index (κ3) is 4.21. The van der Waals surface area contributed by atoms with Gasteiger partial charge < -0.3 is 9.47 Å². The Morgan fingerprint density at radius 1 is 0.931 bits per heavy atom. The molecule has 1 aliphatic heterocycles. The van der Waals surface area contributed by atoms with Gasteiger partial charge in [-0.1, -0.05) is 18.2 Å². The highest BCUT2D eigenvalue weighted by Gasteiger charge is 2.14. The summed E-state index contributed by atoms with van der Waals surface area (Å²) < 4.78 is 10.9. The van der Waals surface area contributed by atoms with Crippen molar-refractivity contribution in [3.8, 4) is 22.6 Å². The molecule has 0 atom stereocenters. The molecule has 0 spiro atoms. The van der Waals surface area contributed by atoms with Crippen molar-refractivity contribution in [2.24, 2.45) is 4.99 Å². The number of aliphatic imine (C=N–C) groups is 1. The Morgan fingerprint density at radius 2 is 1.83 bits per heavy atom. The average molecular weight is 384 g/mol. The van der Waals surface area contributed by atoms with Crippen LogP contribution in [0.3, 0.4) is 0 Å². The highest BCUT2D eigenvalue weighted by Crippen LogP contribution is 2.34. The van der Waals surface area contributed by atoms with Gasteiger partial charge in [-0.15, -0.1) is 0 Å². The van der Waals surface area contributed by atoms with E-state index >= 15 is 0 Å². The van der Waals surface area contributed by atoms with Crippen LogP contribution in [0.25, 0.3) is 17.2 Å². The molecular weight excluding hydrogens is 360 g/mol. The summed E-state index contributed by atoms with van der Waals surface area (Å²) in [5, 5.41) is 0. The van der Waals surface area contributed by atoms with E-state index in [2.05, 4.69) is 41.4 Å². The highest BCUT2D eigenvalue weighted by molar-refractivity contribution is 6.15. The van der Waals surface area contributed by atoms with Crippen LogP contribution >= 0.6 is 0 Å². The van der Waals surface area contributed by atoms with Gasteiger partial charge in [0.2, 0.25) is 0 Å². The lowest BCUT2D eigenvalue weighted by Gasteiger charge is -2.16. The normalized spacial score (nSPS) is 15.1. The summed E-state index contributed by atoms with van der Waals surface area (Å²) in [6.45, 7) is 0.866. The minimum Gasteiger partial charge on any atom is -0.497 e. The van der Waals surface area contributed by atoms with Crippen molar-refractivity contribution in [3.63, 3.8) is 0 Å². The first kappa shape index (κ1) is 18.9. The molecule has 0 fully saturated rings. The van der Waals surface area contributed by atoms with Gasteiger partial charge in [0.25, 0.3) is 0 Å². The predicted octanol–water partition coefficient (Wildman–Crippen LogP) is 5.43. The van der Waals surface area contributed by atoms with Gasteiger partial charge >= 0.3 is 0 Å². The van der Waals surface area contributed by atoms with Crippen LogP contribution in [-0.2, 0) is 0 Å². The van der Waals surface area contributed by atoms with E-state index in [0.29, 0.717) is 0 Å². The topological polar surface area (TPSA) is 43.7 Å². The van der Waals surface area contributed by atoms with Crippen LogP contribution in [0.1, 0.15) is 24.0 Å². The van der Waals surface area contributed by atoms with Crippen LogP contribution in [0, 0.1) is 0 Å². The number of benzene rings is 2. The van der Waals surface area contributed by atoms with E-state index in [1.807, 2.05) is 30.5 Å². The van der Waals surface area contributed by atoms with E-state index in [4.69, 9.17) is 14.5 Å². The zero-order valence-electron chi connectivity index (χ0n) is 16.8. The first-order chi connectivity index (χ1) is 14.3. The van der Waals surface area contributed by atoms with E-state index < -0.39 is 0 Å². The van der Waals surface area contributed by atoms with Crippen molar-refractivity contribution >= 4 is 11.8 Å². The number of hydrogen-bond acceptors (Lipinski definition) is 4. The Balaban J connectivity index is 1.71. The largest absolute Gasteiger partial charge is 0.497 e. The molecule has 4 rings (SSSR count). The number of nitrogens with zero attached hydrogens (tertiary/aromatic N) is 2. The summed E-state index contributed by atoms with van der Waals surface area (Å²) >= 11 is 0. The number of pyridine rings is 1. The van der Waals surface area contributed by atoms with Gasteiger partial charge in [0.15, 0.2) is 0 Å². The van der Waals surface area contributed by atoms with Gasteiger partial charge in [-0.25, -0.2) is 0 Å². The highest BCUT2D eigenvalue weighted by atomic mass is 16.5. The minimum absolute atomic E-state index is 0.781. The second-order valence-electron chi connectivity index (χ2n) is 6.94. The van der Waals surface area contributed by atoms with E-state index in [0.717, 1.165) is 58.9 Å². The SMILES string of the molecule is COc1ccc(-c2cccc(/C=C3/CCCN=C3c3cccnc3)c2)c(OC)c1. The predicted molar refractivity (Wildman–Crippen MR) is 118 cm³/mol. The van der Waals surface area contributed by atoms with Crippen LogP contribution in [0.2, 0.25) is 0 Å². The van der Waals surface area contributed by atoms with Crippen LogP contribution in [-0.4, -0.2) is 31.5 Å². The fourth-order valence-corrected chi connectivity index (χ4v) is 3.63. The van der Waals surface area contributed by atoms with Crippen molar-refractivity contribution in [1.29, 1.82) is 0 Å².